The molecule has 9 nitrogen and oxygen atoms in total. The van der Waals surface area contributed by atoms with Crippen LogP contribution in [0.15, 0.2) is 41.5 Å². The van der Waals surface area contributed by atoms with E-state index in [4.69, 9.17) is 4.98 Å². The molecule has 1 unspecified atom stereocenters. The van der Waals surface area contributed by atoms with Crippen LogP contribution < -0.4 is 10.5 Å². The average Bonchev–Trinajstić information content (AvgIpc) is 3.44. The second kappa shape index (κ2) is 7.73. The van der Waals surface area contributed by atoms with E-state index in [2.05, 4.69) is 39.9 Å². The van der Waals surface area contributed by atoms with Crippen molar-refractivity contribution in [1.82, 2.24) is 29.1 Å². The highest BCUT2D eigenvalue weighted by Crippen LogP contribution is 2.36. The van der Waals surface area contributed by atoms with E-state index in [-0.39, 0.29) is 30.7 Å². The Morgan fingerprint density at radius 1 is 1.23 bits per heavy atom. The molecule has 1 N–H and O–H groups in total. The fourth-order valence-electron chi connectivity index (χ4n) is 4.38. The zero-order valence-corrected chi connectivity index (χ0v) is 17.6. The van der Waals surface area contributed by atoms with E-state index in [0.29, 0.717) is 22.5 Å². The maximum absolute atomic E-state index is 13.2. The summed E-state index contributed by atoms with van der Waals surface area (Å²) in [6.07, 6.45) is 3.32. The summed E-state index contributed by atoms with van der Waals surface area (Å²) < 4.78 is 3.37. The minimum absolute atomic E-state index is 0.112. The first-order valence-corrected chi connectivity index (χ1v) is 10.7. The number of aliphatic hydroxyl groups is 1. The predicted octanol–water partition coefficient (Wildman–Crippen LogP) is 2.29. The summed E-state index contributed by atoms with van der Waals surface area (Å²) in [6, 6.07) is 9.31. The summed E-state index contributed by atoms with van der Waals surface area (Å²) in [4.78, 5) is 29.3. The van der Waals surface area contributed by atoms with Crippen molar-refractivity contribution in [3.8, 4) is 0 Å². The van der Waals surface area contributed by atoms with Gasteiger partial charge in [0.2, 0.25) is 0 Å². The van der Waals surface area contributed by atoms with Gasteiger partial charge in [-0.3, -0.25) is 9.36 Å². The number of nitrogens with zero attached hydrogens (tertiary/aromatic N) is 7. The summed E-state index contributed by atoms with van der Waals surface area (Å²) in [5, 5.41) is 14.6. The van der Waals surface area contributed by atoms with Crippen molar-refractivity contribution in [2.75, 3.05) is 18.1 Å². The molecule has 1 atom stereocenters. The van der Waals surface area contributed by atoms with Crippen molar-refractivity contribution in [2.45, 2.75) is 45.2 Å². The molecule has 4 heterocycles. The highest BCUT2D eigenvalue weighted by Gasteiger charge is 2.32. The van der Waals surface area contributed by atoms with Crippen LogP contribution in [0, 0.1) is 0 Å². The van der Waals surface area contributed by atoms with Gasteiger partial charge in [0.1, 0.15) is 18.0 Å². The fourth-order valence-corrected chi connectivity index (χ4v) is 4.38. The zero-order valence-electron chi connectivity index (χ0n) is 17.6. The lowest BCUT2D eigenvalue weighted by Gasteiger charge is -2.28. The molecular formula is C22H25N7O2. The van der Waals surface area contributed by atoms with Gasteiger partial charge in [-0.05, 0) is 30.9 Å². The Balaban J connectivity index is 1.69. The highest BCUT2D eigenvalue weighted by atomic mass is 16.3. The lowest BCUT2D eigenvalue weighted by atomic mass is 10.1. The summed E-state index contributed by atoms with van der Waals surface area (Å²) in [6.45, 7) is 5.10. The van der Waals surface area contributed by atoms with Gasteiger partial charge in [-0.2, -0.15) is 14.6 Å². The Hall–Kier alpha value is -3.33. The van der Waals surface area contributed by atoms with E-state index >= 15 is 0 Å². The van der Waals surface area contributed by atoms with Gasteiger partial charge in [0.05, 0.1) is 35.8 Å². The van der Waals surface area contributed by atoms with E-state index in [1.54, 1.807) is 15.1 Å². The number of aromatic nitrogens is 6. The van der Waals surface area contributed by atoms with E-state index in [9.17, 15) is 9.90 Å². The van der Waals surface area contributed by atoms with Crippen molar-refractivity contribution in [1.29, 1.82) is 0 Å². The molecule has 0 radical (unpaired) electrons. The number of fused-ring (bicyclic) bond motifs is 2. The number of anilines is 1. The van der Waals surface area contributed by atoms with Crippen molar-refractivity contribution < 1.29 is 5.11 Å². The molecule has 0 saturated carbocycles. The molecular weight excluding hydrogens is 394 g/mol. The topological polar surface area (TPSA) is 101 Å². The molecule has 3 aromatic heterocycles. The SMILES string of the molecule is CC(C)c1cc(N2CCCC2c2nc3ccccc3c(=O)n2CCO)n2ncnc2n1. The normalized spacial score (nSPS) is 16.8. The number of benzene rings is 1. The Morgan fingerprint density at radius 3 is 2.87 bits per heavy atom. The summed E-state index contributed by atoms with van der Waals surface area (Å²) in [5.74, 6) is 2.37. The Morgan fingerprint density at radius 2 is 2.06 bits per heavy atom. The molecule has 1 aromatic carbocycles. The monoisotopic (exact) mass is 419 g/mol. The van der Waals surface area contributed by atoms with Gasteiger partial charge in [0.15, 0.2) is 0 Å². The highest BCUT2D eigenvalue weighted by molar-refractivity contribution is 5.77. The predicted molar refractivity (Wildman–Crippen MR) is 117 cm³/mol. The van der Waals surface area contributed by atoms with Gasteiger partial charge in [0.25, 0.3) is 11.3 Å². The van der Waals surface area contributed by atoms with E-state index < -0.39 is 0 Å². The first-order valence-electron chi connectivity index (χ1n) is 10.7. The van der Waals surface area contributed by atoms with Crippen LogP contribution in [-0.4, -0.2) is 47.4 Å². The second-order valence-electron chi connectivity index (χ2n) is 8.18. The van der Waals surface area contributed by atoms with Gasteiger partial charge in [0, 0.05) is 12.6 Å². The lowest BCUT2D eigenvalue weighted by molar-refractivity contribution is 0.270. The van der Waals surface area contributed by atoms with Crippen LogP contribution in [-0.2, 0) is 6.54 Å². The molecule has 5 rings (SSSR count). The van der Waals surface area contributed by atoms with E-state index in [1.165, 1.54) is 6.33 Å². The van der Waals surface area contributed by atoms with E-state index in [0.717, 1.165) is 30.9 Å². The number of hydrogen-bond donors (Lipinski definition) is 1. The minimum Gasteiger partial charge on any atom is -0.395 e. The van der Waals surface area contributed by atoms with Gasteiger partial charge in [-0.1, -0.05) is 26.0 Å². The van der Waals surface area contributed by atoms with Crippen molar-refractivity contribution in [3.05, 3.63) is 58.5 Å². The van der Waals surface area contributed by atoms with Crippen LogP contribution in [0.5, 0.6) is 0 Å². The summed E-state index contributed by atoms with van der Waals surface area (Å²) in [5.41, 5.74) is 1.50. The Labute approximate surface area is 179 Å². The number of hydrogen-bond acceptors (Lipinski definition) is 7. The van der Waals surface area contributed by atoms with Crippen molar-refractivity contribution in [3.63, 3.8) is 0 Å². The Kier molecular flexibility index (Phi) is 4.90. The lowest BCUT2D eigenvalue weighted by Crippen LogP contribution is -2.34. The molecule has 9 heteroatoms. The van der Waals surface area contributed by atoms with Crippen LogP contribution in [0.1, 0.15) is 50.2 Å². The standard InChI is InChI=1S/C22H25N7O2/c1-14(2)17-12-19(29-22(26-17)23-13-24-29)27-9-5-8-18(27)20-25-16-7-4-3-6-15(16)21(31)28(20)10-11-30/h3-4,6-7,12-14,18,30H,5,8-11H2,1-2H3. The van der Waals surface area contributed by atoms with Crippen LogP contribution in [0.4, 0.5) is 5.82 Å². The fraction of sp³-hybridized carbons (Fsp3) is 0.409. The molecule has 160 valence electrons. The molecule has 0 bridgehead atoms. The van der Waals surface area contributed by atoms with Crippen molar-refractivity contribution in [2.24, 2.45) is 0 Å². The van der Waals surface area contributed by atoms with Crippen molar-refractivity contribution >= 4 is 22.5 Å². The van der Waals surface area contributed by atoms with E-state index in [1.807, 2.05) is 18.2 Å². The molecule has 31 heavy (non-hydrogen) atoms. The smallest absolute Gasteiger partial charge is 0.261 e. The first kappa shape index (κ1) is 19.6. The molecule has 1 aliphatic heterocycles. The van der Waals surface area contributed by atoms with Crippen LogP contribution in [0.2, 0.25) is 0 Å². The molecule has 0 amide bonds. The van der Waals surface area contributed by atoms with Gasteiger partial charge in [-0.15, -0.1) is 0 Å². The molecule has 1 aliphatic rings. The third-order valence-corrected chi connectivity index (χ3v) is 5.90. The minimum atomic E-state index is -0.125. The van der Waals surface area contributed by atoms with Crippen LogP contribution >= 0.6 is 0 Å². The van der Waals surface area contributed by atoms with Crippen LogP contribution in [0.25, 0.3) is 16.7 Å². The summed E-state index contributed by atoms with van der Waals surface area (Å²) >= 11 is 0. The molecule has 0 aliphatic carbocycles. The average molecular weight is 419 g/mol. The maximum atomic E-state index is 13.2. The first-order chi connectivity index (χ1) is 15.1. The van der Waals surface area contributed by atoms with Gasteiger partial charge < -0.3 is 10.0 Å². The molecule has 1 saturated heterocycles. The maximum Gasteiger partial charge on any atom is 0.261 e. The Bertz CT molecular complexity index is 1310. The molecule has 0 spiro atoms. The van der Waals surface area contributed by atoms with Crippen LogP contribution in [0.3, 0.4) is 0 Å². The third kappa shape index (κ3) is 3.25. The number of rotatable bonds is 5. The molecule has 1 fully saturated rings. The summed E-state index contributed by atoms with van der Waals surface area (Å²) in [7, 11) is 0. The second-order valence-corrected chi connectivity index (χ2v) is 8.18. The third-order valence-electron chi connectivity index (χ3n) is 5.90. The van der Waals surface area contributed by atoms with Gasteiger partial charge in [-0.25, -0.2) is 9.97 Å². The quantitative estimate of drug-likeness (QED) is 0.530. The molecule has 4 aromatic rings. The number of aliphatic hydroxyl groups excluding tert-OH is 1. The number of para-hydroxylation sites is 1. The zero-order chi connectivity index (χ0) is 21.5. The largest absolute Gasteiger partial charge is 0.395 e. The van der Waals surface area contributed by atoms with Gasteiger partial charge >= 0.3 is 0 Å².